The minimum Gasteiger partial charge on any atom is -0.485 e. The highest BCUT2D eigenvalue weighted by molar-refractivity contribution is 5.47. The molecule has 0 aliphatic carbocycles. The maximum Gasteiger partial charge on any atom is 0.231 e. The predicted octanol–water partition coefficient (Wildman–Crippen LogP) is 0.660. The molecule has 0 aromatic heterocycles. The summed E-state index contributed by atoms with van der Waals surface area (Å²) in [6.07, 6.45) is -5.24. The number of aryl methyl sites for hydroxylation is 1. The normalized spacial score (nSPS) is 31.6. The van der Waals surface area contributed by atoms with E-state index in [0.29, 0.717) is 17.2 Å². The molecular formula is C22H24O9. The molecule has 3 heterocycles. The van der Waals surface area contributed by atoms with Crippen molar-refractivity contribution < 1.29 is 44.1 Å². The fraction of sp³-hybridized carbons (Fsp3) is 0.455. The second kappa shape index (κ2) is 8.18. The molecule has 5 rings (SSSR count). The third-order valence-electron chi connectivity index (χ3n) is 5.85. The Balaban J connectivity index is 1.32. The molecular weight excluding hydrogens is 408 g/mol. The molecule has 0 spiro atoms. The first-order chi connectivity index (χ1) is 15.0. The van der Waals surface area contributed by atoms with Crippen LogP contribution in [-0.2, 0) is 11.2 Å². The average molecular weight is 432 g/mol. The third-order valence-corrected chi connectivity index (χ3v) is 5.85. The van der Waals surface area contributed by atoms with Gasteiger partial charge in [0.25, 0.3) is 0 Å². The number of rotatable bonds is 4. The zero-order chi connectivity index (χ0) is 21.5. The van der Waals surface area contributed by atoms with E-state index < -0.39 is 37.3 Å². The van der Waals surface area contributed by atoms with Crippen LogP contribution in [0.1, 0.15) is 23.7 Å². The molecule has 1 saturated heterocycles. The topological polar surface area (TPSA) is 127 Å². The third kappa shape index (κ3) is 3.79. The van der Waals surface area contributed by atoms with Crippen molar-refractivity contribution in [1.82, 2.24) is 0 Å². The van der Waals surface area contributed by atoms with Crippen LogP contribution in [0, 0.1) is 0 Å². The predicted molar refractivity (Wildman–Crippen MR) is 105 cm³/mol. The summed E-state index contributed by atoms with van der Waals surface area (Å²) >= 11 is 0. The number of fused-ring (bicyclic) bond motifs is 2. The van der Waals surface area contributed by atoms with Gasteiger partial charge in [0.05, 0.1) is 6.61 Å². The molecule has 0 amide bonds. The fourth-order valence-corrected chi connectivity index (χ4v) is 4.07. The van der Waals surface area contributed by atoms with Gasteiger partial charge in [-0.05, 0) is 42.2 Å². The van der Waals surface area contributed by atoms with Gasteiger partial charge >= 0.3 is 0 Å². The van der Waals surface area contributed by atoms with Gasteiger partial charge in [0.15, 0.2) is 11.5 Å². The maximum absolute atomic E-state index is 10.2. The summed E-state index contributed by atoms with van der Waals surface area (Å²) in [6.45, 7) is -0.304. The quantitative estimate of drug-likeness (QED) is 0.551. The molecule has 2 aromatic rings. The highest BCUT2D eigenvalue weighted by atomic mass is 16.7. The van der Waals surface area contributed by atoms with Gasteiger partial charge in [0.1, 0.15) is 42.0 Å². The van der Waals surface area contributed by atoms with Crippen molar-refractivity contribution >= 4 is 0 Å². The summed E-state index contributed by atoms with van der Waals surface area (Å²) in [5.74, 6) is 2.44. The van der Waals surface area contributed by atoms with Gasteiger partial charge in [-0.3, -0.25) is 0 Å². The number of aliphatic hydroxyl groups is 4. The number of ether oxygens (including phenoxy) is 5. The van der Waals surface area contributed by atoms with E-state index in [1.165, 1.54) is 0 Å². The number of aliphatic hydroxyl groups excluding tert-OH is 4. The Kier molecular flexibility index (Phi) is 5.37. The largest absolute Gasteiger partial charge is 0.485 e. The molecule has 3 aliphatic rings. The van der Waals surface area contributed by atoms with Crippen LogP contribution < -0.4 is 18.9 Å². The van der Waals surface area contributed by atoms with E-state index in [1.54, 1.807) is 12.1 Å². The van der Waals surface area contributed by atoms with Crippen LogP contribution in [-0.4, -0.2) is 64.5 Å². The first kappa shape index (κ1) is 20.3. The van der Waals surface area contributed by atoms with Gasteiger partial charge in [-0.1, -0.05) is 12.1 Å². The summed E-state index contributed by atoms with van der Waals surface area (Å²) in [6, 6.07) is 11.1. The lowest BCUT2D eigenvalue weighted by Gasteiger charge is -2.39. The molecule has 4 N–H and O–H groups in total. The van der Waals surface area contributed by atoms with E-state index in [1.807, 2.05) is 24.3 Å². The number of benzene rings is 2. The van der Waals surface area contributed by atoms with Crippen molar-refractivity contribution in [1.29, 1.82) is 0 Å². The lowest BCUT2D eigenvalue weighted by molar-refractivity contribution is -0.277. The van der Waals surface area contributed by atoms with Crippen molar-refractivity contribution in [2.75, 3.05) is 13.4 Å². The lowest BCUT2D eigenvalue weighted by atomic mass is 9.97. The van der Waals surface area contributed by atoms with E-state index in [0.717, 1.165) is 29.7 Å². The van der Waals surface area contributed by atoms with E-state index in [9.17, 15) is 20.4 Å². The van der Waals surface area contributed by atoms with E-state index in [-0.39, 0.29) is 12.9 Å². The van der Waals surface area contributed by atoms with E-state index in [4.69, 9.17) is 23.7 Å². The maximum atomic E-state index is 10.2. The molecule has 6 atom stereocenters. The van der Waals surface area contributed by atoms with Gasteiger partial charge in [0, 0.05) is 6.07 Å². The molecule has 3 aliphatic heterocycles. The van der Waals surface area contributed by atoms with Gasteiger partial charge < -0.3 is 44.1 Å². The fourth-order valence-electron chi connectivity index (χ4n) is 4.07. The summed E-state index contributed by atoms with van der Waals surface area (Å²) < 4.78 is 28.2. The smallest absolute Gasteiger partial charge is 0.231 e. The lowest BCUT2D eigenvalue weighted by Crippen LogP contribution is -2.60. The summed E-state index contributed by atoms with van der Waals surface area (Å²) in [5, 5.41) is 39.4. The Hall–Kier alpha value is -2.56. The summed E-state index contributed by atoms with van der Waals surface area (Å²) in [4.78, 5) is 0. The van der Waals surface area contributed by atoms with Crippen molar-refractivity contribution in [2.45, 2.75) is 49.7 Å². The molecule has 0 radical (unpaired) electrons. The molecule has 0 saturated carbocycles. The Morgan fingerprint density at radius 2 is 1.74 bits per heavy atom. The molecule has 2 aromatic carbocycles. The standard InChI is InChI=1S/C22H24O9/c23-9-18-19(24)20(25)21(26)22(31-18)29-13-4-1-11-2-5-14(30-16(11)8-13)12-3-6-15-17(7-12)28-10-27-15/h1,3-4,6-8,14,18-26H,2,5,9-10H2/t14-,18?,19+,20-,21?,22+/m0/s1. The van der Waals surface area contributed by atoms with Crippen LogP contribution in [0.2, 0.25) is 0 Å². The van der Waals surface area contributed by atoms with Crippen molar-refractivity contribution in [3.05, 3.63) is 47.5 Å². The van der Waals surface area contributed by atoms with Gasteiger partial charge in [-0.15, -0.1) is 0 Å². The highest BCUT2D eigenvalue weighted by Crippen LogP contribution is 2.40. The van der Waals surface area contributed by atoms with E-state index in [2.05, 4.69) is 0 Å². The molecule has 2 unspecified atom stereocenters. The van der Waals surface area contributed by atoms with E-state index >= 15 is 0 Å². The Bertz CT molecular complexity index is 947. The first-order valence-corrected chi connectivity index (χ1v) is 10.2. The second-order valence-corrected chi connectivity index (χ2v) is 7.84. The molecule has 166 valence electrons. The molecule has 9 heteroatoms. The van der Waals surface area contributed by atoms with Crippen molar-refractivity contribution in [2.24, 2.45) is 0 Å². The average Bonchev–Trinajstić information content (AvgIpc) is 3.27. The Morgan fingerprint density at radius 1 is 0.903 bits per heavy atom. The summed E-state index contributed by atoms with van der Waals surface area (Å²) in [7, 11) is 0. The van der Waals surface area contributed by atoms with Gasteiger partial charge in [0.2, 0.25) is 13.1 Å². The minimum atomic E-state index is -1.50. The number of hydrogen-bond donors (Lipinski definition) is 4. The van der Waals surface area contributed by atoms with Crippen LogP contribution >= 0.6 is 0 Å². The summed E-state index contributed by atoms with van der Waals surface area (Å²) in [5.41, 5.74) is 2.01. The Morgan fingerprint density at radius 3 is 2.58 bits per heavy atom. The second-order valence-electron chi connectivity index (χ2n) is 7.84. The molecule has 31 heavy (non-hydrogen) atoms. The zero-order valence-electron chi connectivity index (χ0n) is 16.6. The molecule has 1 fully saturated rings. The SMILES string of the molecule is OCC1O[C@@H](Oc2ccc3c(c2)O[C@H](c2ccc4c(c2)OCO4)CC3)C(O)[C@@H](O)[C@@H]1O. The minimum absolute atomic E-state index is 0.162. The monoisotopic (exact) mass is 432 g/mol. The highest BCUT2D eigenvalue weighted by Gasteiger charge is 2.44. The van der Waals surface area contributed by atoms with Crippen LogP contribution in [0.15, 0.2) is 36.4 Å². The van der Waals surface area contributed by atoms with Crippen LogP contribution in [0.3, 0.4) is 0 Å². The van der Waals surface area contributed by atoms with Crippen LogP contribution in [0.25, 0.3) is 0 Å². The van der Waals surface area contributed by atoms with Crippen molar-refractivity contribution in [3.8, 4) is 23.0 Å². The molecule has 9 nitrogen and oxygen atoms in total. The number of hydrogen-bond acceptors (Lipinski definition) is 9. The molecule has 0 bridgehead atoms. The van der Waals surface area contributed by atoms with Gasteiger partial charge in [-0.2, -0.15) is 0 Å². The van der Waals surface area contributed by atoms with Crippen LogP contribution in [0.5, 0.6) is 23.0 Å². The van der Waals surface area contributed by atoms with Crippen molar-refractivity contribution in [3.63, 3.8) is 0 Å². The Labute approximate surface area is 178 Å². The first-order valence-electron chi connectivity index (χ1n) is 10.2. The zero-order valence-corrected chi connectivity index (χ0v) is 16.6. The van der Waals surface area contributed by atoms with Gasteiger partial charge in [-0.25, -0.2) is 0 Å². The van der Waals surface area contributed by atoms with Crippen LogP contribution in [0.4, 0.5) is 0 Å².